The summed E-state index contributed by atoms with van der Waals surface area (Å²) in [5.41, 5.74) is 14.1. The number of carbonyl (C=O) groups is 3. The summed E-state index contributed by atoms with van der Waals surface area (Å²) in [4.78, 5) is 42.0. The van der Waals surface area contributed by atoms with Crippen molar-refractivity contribution in [2.75, 3.05) is 30.9 Å². The summed E-state index contributed by atoms with van der Waals surface area (Å²) in [6, 6.07) is 16.8. The number of aromatic amines is 1. The minimum absolute atomic E-state index is 0.0615. The Morgan fingerprint density at radius 1 is 1.00 bits per heavy atom. The number of alkyl halides is 6. The van der Waals surface area contributed by atoms with Crippen LogP contribution in [-0.2, 0) is 14.3 Å². The van der Waals surface area contributed by atoms with Gasteiger partial charge >= 0.3 is 24.3 Å². The van der Waals surface area contributed by atoms with Crippen molar-refractivity contribution in [1.82, 2.24) is 15.0 Å². The summed E-state index contributed by atoms with van der Waals surface area (Å²) >= 11 is 0. The average molecular weight is 811 g/mol. The molecule has 1 aliphatic rings. The van der Waals surface area contributed by atoms with Crippen LogP contribution in [0.2, 0.25) is 0 Å². The molecule has 2 atom stereocenters. The number of hydrogen-bond acceptors (Lipinski definition) is 10. The lowest BCUT2D eigenvalue weighted by Gasteiger charge is -2.23. The van der Waals surface area contributed by atoms with Crippen molar-refractivity contribution in [3.63, 3.8) is 0 Å². The molecule has 1 unspecified atom stereocenters. The van der Waals surface area contributed by atoms with E-state index in [1.807, 2.05) is 31.2 Å². The summed E-state index contributed by atoms with van der Waals surface area (Å²) in [6.07, 6.45) is -6.55. The number of halogens is 7. The van der Waals surface area contributed by atoms with E-state index in [9.17, 15) is 31.1 Å². The number of nitrogen functional groups attached to an aromatic ring is 1. The number of rotatable bonds is 10. The molecular formula is C36H33F7N6O8. The number of carboxylic acid groups (broad SMARTS) is 2. The fraction of sp³-hybridized carbons (Fsp3) is 0.250. The van der Waals surface area contributed by atoms with E-state index in [0.717, 1.165) is 10.8 Å². The lowest BCUT2D eigenvalue weighted by Crippen LogP contribution is -2.21. The molecule has 1 aliphatic heterocycles. The van der Waals surface area contributed by atoms with Gasteiger partial charge in [0, 0.05) is 46.4 Å². The number of aliphatic carboxylic acids is 2. The topological polar surface area (TPSA) is 225 Å². The van der Waals surface area contributed by atoms with Gasteiger partial charge in [0.25, 0.3) is 0 Å². The van der Waals surface area contributed by atoms with Gasteiger partial charge in [-0.05, 0) is 48.7 Å². The Bertz CT molecular complexity index is 2180. The number of aromatic nitrogens is 3. The fourth-order valence-corrected chi connectivity index (χ4v) is 5.23. The molecule has 0 radical (unpaired) electrons. The molecule has 6 rings (SSSR count). The smallest absolute Gasteiger partial charge is 0.490 e. The highest BCUT2D eigenvalue weighted by atomic mass is 19.4. The first-order valence-corrected chi connectivity index (χ1v) is 16.5. The van der Waals surface area contributed by atoms with Crippen LogP contribution in [0.25, 0.3) is 22.0 Å². The highest BCUT2D eigenvalue weighted by Crippen LogP contribution is 2.37. The molecule has 0 saturated carbocycles. The standard InChI is InChI=1S/C32H31FN6O4.2C2HF3O2/c1-2-42-21-14-25(28(33)27(15-21)43-20-10-12-41-17-20)29(38-19-7-8-22-18(13-19)9-11-36-30(22)34)32-37-16-26(39-32)23-5-3-4-6-24(23)31(35)40;2*3-2(4,5)1(6)7/h3-9,11,13-16,20,29,38H,2,10,12,17H2,1H3,(H2,34,36)(H2,35,40)(H,37,39);2*(H,6,7)/t20-,29?;;/m0../s1. The molecule has 3 aromatic carbocycles. The number of anilines is 2. The van der Waals surface area contributed by atoms with Crippen molar-refractivity contribution in [1.29, 1.82) is 0 Å². The summed E-state index contributed by atoms with van der Waals surface area (Å²) in [5, 5.41) is 19.3. The van der Waals surface area contributed by atoms with Gasteiger partial charge in [0.15, 0.2) is 11.6 Å². The normalized spacial score (nSPS) is 14.4. The van der Waals surface area contributed by atoms with Gasteiger partial charge in [-0.3, -0.25) is 4.79 Å². The number of nitrogens with one attached hydrogen (secondary N) is 2. The van der Waals surface area contributed by atoms with Crippen molar-refractivity contribution in [2.45, 2.75) is 37.8 Å². The molecule has 3 heterocycles. The van der Waals surface area contributed by atoms with E-state index in [0.29, 0.717) is 66.1 Å². The molecule has 0 bridgehead atoms. The zero-order valence-electron chi connectivity index (χ0n) is 29.5. The van der Waals surface area contributed by atoms with Gasteiger partial charge in [-0.2, -0.15) is 26.3 Å². The first-order chi connectivity index (χ1) is 26.8. The second-order valence-electron chi connectivity index (χ2n) is 11.8. The maximum atomic E-state index is 16.4. The van der Waals surface area contributed by atoms with E-state index >= 15 is 4.39 Å². The second kappa shape index (κ2) is 18.3. The Morgan fingerprint density at radius 2 is 1.67 bits per heavy atom. The number of amides is 1. The van der Waals surface area contributed by atoms with Gasteiger partial charge in [-0.25, -0.2) is 23.9 Å². The fourth-order valence-electron chi connectivity index (χ4n) is 5.23. The van der Waals surface area contributed by atoms with Crippen LogP contribution in [0.5, 0.6) is 11.5 Å². The largest absolute Gasteiger partial charge is 0.494 e. The van der Waals surface area contributed by atoms with Crippen LogP contribution in [0, 0.1) is 5.82 Å². The first kappa shape index (κ1) is 43.1. The number of nitrogens with zero attached hydrogens (tertiary/aromatic N) is 2. The minimum Gasteiger partial charge on any atom is -0.494 e. The number of fused-ring (bicyclic) bond motifs is 1. The first-order valence-electron chi connectivity index (χ1n) is 16.5. The van der Waals surface area contributed by atoms with E-state index in [1.54, 1.807) is 48.8 Å². The van der Waals surface area contributed by atoms with Crippen LogP contribution in [0.15, 0.2) is 73.1 Å². The van der Waals surface area contributed by atoms with E-state index in [4.69, 9.17) is 45.5 Å². The summed E-state index contributed by atoms with van der Waals surface area (Å²) in [6.45, 7) is 3.17. The molecule has 0 aliphatic carbocycles. The van der Waals surface area contributed by atoms with Crippen molar-refractivity contribution in [3.05, 3.63) is 95.8 Å². The van der Waals surface area contributed by atoms with Crippen LogP contribution in [0.4, 0.5) is 42.2 Å². The molecule has 14 nitrogen and oxygen atoms in total. The maximum absolute atomic E-state index is 16.4. The van der Waals surface area contributed by atoms with Crippen molar-refractivity contribution >= 4 is 40.1 Å². The molecule has 2 aromatic heterocycles. The van der Waals surface area contributed by atoms with Gasteiger partial charge in [0.05, 0.1) is 31.7 Å². The van der Waals surface area contributed by atoms with Crippen molar-refractivity contribution in [2.24, 2.45) is 5.73 Å². The number of ether oxygens (including phenoxy) is 3. The molecule has 1 fully saturated rings. The van der Waals surface area contributed by atoms with Gasteiger partial charge < -0.3 is 46.2 Å². The Kier molecular flexibility index (Phi) is 13.9. The third-order valence-electron chi connectivity index (χ3n) is 7.79. The molecule has 57 heavy (non-hydrogen) atoms. The molecule has 8 N–H and O–H groups in total. The predicted octanol–water partition coefficient (Wildman–Crippen LogP) is 6.48. The lowest BCUT2D eigenvalue weighted by molar-refractivity contribution is -0.193. The predicted molar refractivity (Wildman–Crippen MR) is 189 cm³/mol. The quantitative estimate of drug-likeness (QED) is 0.0834. The number of primary amides is 1. The van der Waals surface area contributed by atoms with Gasteiger partial charge in [-0.1, -0.05) is 18.2 Å². The number of carbonyl (C=O) groups excluding carboxylic acids is 1. The van der Waals surface area contributed by atoms with Crippen LogP contribution < -0.4 is 26.3 Å². The second-order valence-corrected chi connectivity index (χ2v) is 11.8. The molecule has 0 spiro atoms. The minimum atomic E-state index is -5.08. The zero-order valence-corrected chi connectivity index (χ0v) is 29.5. The van der Waals surface area contributed by atoms with E-state index in [-0.39, 0.29) is 17.4 Å². The van der Waals surface area contributed by atoms with Gasteiger partial charge in [-0.15, -0.1) is 0 Å². The van der Waals surface area contributed by atoms with Crippen LogP contribution in [0.1, 0.15) is 41.1 Å². The maximum Gasteiger partial charge on any atom is 0.490 e. The van der Waals surface area contributed by atoms with Gasteiger partial charge in [0.2, 0.25) is 5.91 Å². The van der Waals surface area contributed by atoms with Crippen LogP contribution >= 0.6 is 0 Å². The Hall–Kier alpha value is -6.64. The molecule has 1 amide bonds. The Labute approximate surface area is 317 Å². The molecule has 1 saturated heterocycles. The number of hydrogen-bond donors (Lipinski definition) is 6. The molecule has 5 aromatic rings. The lowest BCUT2D eigenvalue weighted by atomic mass is 10.0. The molecule has 304 valence electrons. The number of benzene rings is 3. The van der Waals surface area contributed by atoms with Gasteiger partial charge in [0.1, 0.15) is 29.5 Å². The number of pyridine rings is 1. The van der Waals surface area contributed by atoms with Crippen molar-refractivity contribution in [3.8, 4) is 22.8 Å². The number of nitrogens with two attached hydrogens (primary N) is 2. The summed E-state index contributed by atoms with van der Waals surface area (Å²) in [5.74, 6) is -5.32. The summed E-state index contributed by atoms with van der Waals surface area (Å²) < 4.78 is 97.2. The van der Waals surface area contributed by atoms with E-state index < -0.39 is 42.1 Å². The van der Waals surface area contributed by atoms with Crippen LogP contribution in [-0.4, -0.2) is 81.3 Å². The Morgan fingerprint density at radius 3 is 2.26 bits per heavy atom. The summed E-state index contributed by atoms with van der Waals surface area (Å²) in [7, 11) is 0. The third-order valence-corrected chi connectivity index (χ3v) is 7.79. The Balaban J connectivity index is 0.000000440. The number of H-pyrrole nitrogens is 1. The number of carboxylic acids is 2. The van der Waals surface area contributed by atoms with E-state index in [2.05, 4.69) is 20.3 Å². The van der Waals surface area contributed by atoms with Crippen molar-refractivity contribution < 1.29 is 69.5 Å². The SMILES string of the molecule is CCOc1cc(O[C@H]2CCOC2)c(F)c(C(Nc2ccc3c(N)nccc3c2)c2ncc(-c3ccccc3C(N)=O)[nH]2)c1.O=C(O)C(F)(F)F.O=C(O)C(F)(F)F. The molecular weight excluding hydrogens is 777 g/mol. The highest BCUT2D eigenvalue weighted by molar-refractivity contribution is 5.99. The monoisotopic (exact) mass is 810 g/mol. The zero-order chi connectivity index (χ0) is 42.1. The molecule has 21 heteroatoms. The average Bonchev–Trinajstić information content (AvgIpc) is 3.85. The van der Waals surface area contributed by atoms with E-state index in [1.165, 1.54) is 0 Å². The third kappa shape index (κ3) is 11.4. The number of imidazole rings is 1. The highest BCUT2D eigenvalue weighted by Gasteiger charge is 2.39. The van der Waals surface area contributed by atoms with Crippen LogP contribution in [0.3, 0.4) is 0 Å².